The van der Waals surface area contributed by atoms with Gasteiger partial charge in [-0.2, -0.15) is 0 Å². The second-order valence-electron chi connectivity index (χ2n) is 4.05. The van der Waals surface area contributed by atoms with Gasteiger partial charge in [-0.05, 0) is 18.1 Å². The van der Waals surface area contributed by atoms with E-state index in [-0.39, 0.29) is 5.97 Å². The van der Waals surface area contributed by atoms with Crippen LogP contribution >= 0.6 is 11.3 Å². The number of anilines is 2. The lowest BCUT2D eigenvalue weighted by Crippen LogP contribution is -1.99. The highest BCUT2D eigenvalue weighted by Crippen LogP contribution is 2.25. The lowest BCUT2D eigenvalue weighted by Gasteiger charge is -2.09. The van der Waals surface area contributed by atoms with Gasteiger partial charge in [0.2, 0.25) is 0 Å². The molecular weight excluding hydrogens is 276 g/mol. The Hall–Kier alpha value is -1.92. The smallest absolute Gasteiger partial charge is 0.349 e. The molecule has 1 heterocycles. The lowest BCUT2D eigenvalue weighted by molar-refractivity contribution is 0.0606. The number of rotatable bonds is 6. The highest BCUT2D eigenvalue weighted by molar-refractivity contribution is 7.17. The summed E-state index contributed by atoms with van der Waals surface area (Å²) in [5.74, 6) is -0.372. The molecule has 20 heavy (non-hydrogen) atoms. The normalized spacial score (nSPS) is 10.3. The van der Waals surface area contributed by atoms with Crippen molar-refractivity contribution in [3.05, 3.63) is 40.9 Å². The zero-order valence-corrected chi connectivity index (χ0v) is 12.2. The topological polar surface area (TPSA) is 60.5 Å². The Morgan fingerprint density at radius 2 is 2.15 bits per heavy atom. The Bertz CT molecular complexity index is 583. The van der Waals surface area contributed by atoms with Crippen LogP contribution in [0.4, 0.5) is 10.8 Å². The van der Waals surface area contributed by atoms with Gasteiger partial charge in [0.15, 0.2) is 5.13 Å². The Kier molecular flexibility index (Phi) is 5.09. The number of aromatic nitrogens is 1. The maximum Gasteiger partial charge on any atom is 0.349 e. The van der Waals surface area contributed by atoms with Crippen LogP contribution in [-0.2, 0) is 15.9 Å². The van der Waals surface area contributed by atoms with Gasteiger partial charge < -0.3 is 14.8 Å². The molecule has 2 rings (SSSR count). The first-order valence-corrected chi connectivity index (χ1v) is 6.94. The van der Waals surface area contributed by atoms with Crippen molar-refractivity contribution in [2.75, 3.05) is 26.1 Å². The molecule has 0 unspecified atom stereocenters. The number of thiazole rings is 1. The molecule has 1 N–H and O–H groups in total. The quantitative estimate of drug-likeness (QED) is 0.830. The first kappa shape index (κ1) is 14.5. The highest BCUT2D eigenvalue weighted by Gasteiger charge is 2.11. The highest BCUT2D eigenvalue weighted by atomic mass is 32.1. The van der Waals surface area contributed by atoms with E-state index in [1.54, 1.807) is 7.11 Å². The average Bonchev–Trinajstić information content (AvgIpc) is 2.94. The monoisotopic (exact) mass is 292 g/mol. The second kappa shape index (κ2) is 7.02. The number of nitrogens with zero attached hydrogens (tertiary/aromatic N) is 1. The maximum atomic E-state index is 11.4. The van der Waals surface area contributed by atoms with Gasteiger partial charge >= 0.3 is 5.97 Å². The number of esters is 1. The van der Waals surface area contributed by atoms with Crippen molar-refractivity contribution in [2.45, 2.75) is 6.42 Å². The summed E-state index contributed by atoms with van der Waals surface area (Å²) in [6.07, 6.45) is 2.32. The van der Waals surface area contributed by atoms with Gasteiger partial charge in [0.05, 0.1) is 19.9 Å². The third-order valence-electron chi connectivity index (χ3n) is 2.73. The van der Waals surface area contributed by atoms with Crippen molar-refractivity contribution in [1.29, 1.82) is 0 Å². The number of nitrogens with one attached hydrogen (secondary N) is 1. The van der Waals surface area contributed by atoms with E-state index in [2.05, 4.69) is 15.0 Å². The Morgan fingerprint density at radius 3 is 2.90 bits per heavy atom. The number of ether oxygens (including phenoxy) is 2. The zero-order valence-electron chi connectivity index (χ0n) is 11.4. The number of carbonyl (C=O) groups excluding carboxylic acids is 1. The van der Waals surface area contributed by atoms with Crippen molar-refractivity contribution >= 4 is 28.1 Å². The summed E-state index contributed by atoms with van der Waals surface area (Å²) in [7, 11) is 3.04. The minimum absolute atomic E-state index is 0.372. The van der Waals surface area contributed by atoms with Crippen LogP contribution in [-0.4, -0.2) is 31.8 Å². The predicted molar refractivity (Wildman–Crippen MR) is 78.8 cm³/mol. The SMILES string of the molecule is COCCc1ccccc1Nc1ncc(C(=O)OC)s1. The van der Waals surface area contributed by atoms with E-state index in [1.165, 1.54) is 24.6 Å². The first-order chi connectivity index (χ1) is 9.74. The molecule has 1 aromatic carbocycles. The van der Waals surface area contributed by atoms with Gasteiger partial charge in [0.1, 0.15) is 4.88 Å². The van der Waals surface area contributed by atoms with Crippen LogP contribution in [0, 0.1) is 0 Å². The van der Waals surface area contributed by atoms with E-state index in [0.717, 1.165) is 17.7 Å². The van der Waals surface area contributed by atoms with Crippen LogP contribution in [0.1, 0.15) is 15.2 Å². The minimum atomic E-state index is -0.372. The third-order valence-corrected chi connectivity index (χ3v) is 3.62. The van der Waals surface area contributed by atoms with Gasteiger partial charge in [-0.3, -0.25) is 0 Å². The summed E-state index contributed by atoms with van der Waals surface area (Å²) in [4.78, 5) is 16.0. The largest absolute Gasteiger partial charge is 0.465 e. The minimum Gasteiger partial charge on any atom is -0.465 e. The molecule has 5 nitrogen and oxygen atoms in total. The van der Waals surface area contributed by atoms with Gasteiger partial charge in [0, 0.05) is 12.8 Å². The molecule has 0 aliphatic rings. The van der Waals surface area contributed by atoms with Crippen molar-refractivity contribution < 1.29 is 14.3 Å². The zero-order chi connectivity index (χ0) is 14.4. The summed E-state index contributed by atoms with van der Waals surface area (Å²) in [6.45, 7) is 0.657. The van der Waals surface area contributed by atoms with Crippen molar-refractivity contribution in [1.82, 2.24) is 4.98 Å². The number of para-hydroxylation sites is 1. The molecule has 0 amide bonds. The lowest BCUT2D eigenvalue weighted by atomic mass is 10.1. The van der Waals surface area contributed by atoms with E-state index in [1.807, 2.05) is 24.3 Å². The summed E-state index contributed by atoms with van der Waals surface area (Å²) >= 11 is 1.26. The van der Waals surface area contributed by atoms with Crippen molar-refractivity contribution in [3.8, 4) is 0 Å². The average molecular weight is 292 g/mol. The molecule has 0 aliphatic heterocycles. The van der Waals surface area contributed by atoms with Crippen LogP contribution in [0.2, 0.25) is 0 Å². The fourth-order valence-corrected chi connectivity index (χ4v) is 2.46. The molecule has 0 aliphatic carbocycles. The number of benzene rings is 1. The second-order valence-corrected chi connectivity index (χ2v) is 5.08. The predicted octanol–water partition coefficient (Wildman–Crippen LogP) is 2.86. The van der Waals surface area contributed by atoms with Crippen molar-refractivity contribution in [2.24, 2.45) is 0 Å². The third kappa shape index (κ3) is 3.55. The van der Waals surface area contributed by atoms with Gasteiger partial charge in [-0.1, -0.05) is 29.5 Å². The molecule has 1 aromatic heterocycles. The summed E-state index contributed by atoms with van der Waals surface area (Å²) < 4.78 is 9.76. The Balaban J connectivity index is 2.13. The fourth-order valence-electron chi connectivity index (χ4n) is 1.71. The maximum absolute atomic E-state index is 11.4. The van der Waals surface area contributed by atoms with Crippen molar-refractivity contribution in [3.63, 3.8) is 0 Å². The molecule has 0 spiro atoms. The van der Waals surface area contributed by atoms with Crippen LogP contribution < -0.4 is 5.32 Å². The number of hydrogen-bond donors (Lipinski definition) is 1. The number of carbonyl (C=O) groups is 1. The molecule has 0 saturated carbocycles. The molecule has 0 atom stereocenters. The molecule has 0 fully saturated rings. The van der Waals surface area contributed by atoms with E-state index >= 15 is 0 Å². The molecular formula is C14H16N2O3S. The number of hydrogen-bond acceptors (Lipinski definition) is 6. The van der Waals surface area contributed by atoms with Crippen LogP contribution in [0.5, 0.6) is 0 Å². The van der Waals surface area contributed by atoms with Gasteiger partial charge in [0.25, 0.3) is 0 Å². The number of methoxy groups -OCH3 is 2. The van der Waals surface area contributed by atoms with Gasteiger partial charge in [-0.15, -0.1) is 0 Å². The molecule has 2 aromatic rings. The van der Waals surface area contributed by atoms with Crippen LogP contribution in [0.25, 0.3) is 0 Å². The van der Waals surface area contributed by atoms with E-state index in [9.17, 15) is 4.79 Å². The Morgan fingerprint density at radius 1 is 1.35 bits per heavy atom. The molecule has 0 saturated heterocycles. The molecule has 106 valence electrons. The van der Waals surface area contributed by atoms with E-state index in [0.29, 0.717) is 16.6 Å². The molecule has 0 bridgehead atoms. The van der Waals surface area contributed by atoms with E-state index in [4.69, 9.17) is 4.74 Å². The summed E-state index contributed by atoms with van der Waals surface area (Å²) in [6, 6.07) is 7.95. The standard InChI is InChI=1S/C14H16N2O3S/c1-18-8-7-10-5-3-4-6-11(10)16-14-15-9-12(20-14)13(17)19-2/h3-6,9H,7-8H2,1-2H3,(H,15,16). The Labute approximate surface area is 121 Å². The van der Waals surface area contributed by atoms with Gasteiger partial charge in [-0.25, -0.2) is 9.78 Å². The summed E-state index contributed by atoms with van der Waals surface area (Å²) in [5.41, 5.74) is 2.11. The van der Waals surface area contributed by atoms with Crippen LogP contribution in [0.3, 0.4) is 0 Å². The first-order valence-electron chi connectivity index (χ1n) is 6.12. The summed E-state index contributed by atoms with van der Waals surface area (Å²) in [5, 5.41) is 3.89. The molecule has 0 radical (unpaired) electrons. The molecule has 6 heteroatoms. The van der Waals surface area contributed by atoms with Crippen LogP contribution in [0.15, 0.2) is 30.5 Å². The fraction of sp³-hybridized carbons (Fsp3) is 0.286. The van der Waals surface area contributed by atoms with E-state index < -0.39 is 0 Å².